The summed E-state index contributed by atoms with van der Waals surface area (Å²) in [6.07, 6.45) is 1.86. The van der Waals surface area contributed by atoms with Gasteiger partial charge in [0, 0.05) is 0 Å². The van der Waals surface area contributed by atoms with Crippen LogP contribution in [0.5, 0.6) is 0 Å². The van der Waals surface area contributed by atoms with Crippen molar-refractivity contribution < 1.29 is 12.6 Å². The second-order valence-corrected chi connectivity index (χ2v) is 6.52. The number of hydrogen-bond donors (Lipinski definition) is 0. The number of hydrogen-bond acceptors (Lipinski definition) is 4. The van der Waals surface area contributed by atoms with Gasteiger partial charge in [0.1, 0.15) is 0 Å². The molecule has 1 aromatic rings. The van der Waals surface area contributed by atoms with Gasteiger partial charge in [-0.3, -0.25) is 4.18 Å². The molecule has 4 nitrogen and oxygen atoms in total. The lowest BCUT2D eigenvalue weighted by atomic mass is 9.99. The van der Waals surface area contributed by atoms with Crippen molar-refractivity contribution in [2.24, 2.45) is 5.92 Å². The molecule has 2 unspecified atom stereocenters. The molecule has 0 radical (unpaired) electrons. The molecule has 0 heterocycles. The Morgan fingerprint density at radius 1 is 1.30 bits per heavy atom. The predicted octanol–water partition coefficient (Wildman–Crippen LogP) is 3.42. The average molecular weight is 295 g/mol. The molecule has 1 rings (SSSR count). The van der Waals surface area contributed by atoms with Crippen molar-refractivity contribution in [1.29, 1.82) is 5.26 Å². The Bertz CT molecular complexity index is 558. The number of unbranched alkanes of at least 4 members (excludes halogenated alkanes) is 1. The number of aryl methyl sites for hydroxylation is 1. The first kappa shape index (κ1) is 16.7. The molecule has 0 bridgehead atoms. The van der Waals surface area contributed by atoms with Crippen molar-refractivity contribution in [2.75, 3.05) is 0 Å². The maximum atomic E-state index is 12.1. The van der Waals surface area contributed by atoms with Crippen LogP contribution in [-0.2, 0) is 14.3 Å². The zero-order valence-electron chi connectivity index (χ0n) is 12.2. The van der Waals surface area contributed by atoms with E-state index in [2.05, 4.69) is 6.07 Å². The minimum absolute atomic E-state index is 0.127. The van der Waals surface area contributed by atoms with E-state index in [1.807, 2.05) is 13.8 Å². The van der Waals surface area contributed by atoms with Crippen LogP contribution in [0.15, 0.2) is 29.2 Å². The van der Waals surface area contributed by atoms with Crippen LogP contribution in [-0.4, -0.2) is 14.5 Å². The van der Waals surface area contributed by atoms with E-state index in [1.54, 1.807) is 19.1 Å². The predicted molar refractivity (Wildman–Crippen MR) is 77.5 cm³/mol. The molecule has 0 aliphatic rings. The SMILES string of the molecule is CCCCC(C#N)C(C)OS(=O)(=O)c1ccc(C)cc1. The molecule has 20 heavy (non-hydrogen) atoms. The Morgan fingerprint density at radius 2 is 1.90 bits per heavy atom. The van der Waals surface area contributed by atoms with Crippen LogP contribution in [0.3, 0.4) is 0 Å². The first-order chi connectivity index (χ1) is 9.40. The Balaban J connectivity index is 2.79. The molecule has 0 saturated carbocycles. The van der Waals surface area contributed by atoms with Gasteiger partial charge in [-0.05, 0) is 32.4 Å². The number of nitriles is 1. The van der Waals surface area contributed by atoms with E-state index in [0.717, 1.165) is 18.4 Å². The summed E-state index contributed by atoms with van der Waals surface area (Å²) >= 11 is 0. The molecule has 5 heteroatoms. The molecular formula is C15H21NO3S. The van der Waals surface area contributed by atoms with Gasteiger partial charge in [-0.1, -0.05) is 37.5 Å². The molecule has 0 saturated heterocycles. The van der Waals surface area contributed by atoms with Crippen LogP contribution in [0.25, 0.3) is 0 Å². The van der Waals surface area contributed by atoms with Crippen LogP contribution in [0.1, 0.15) is 38.7 Å². The summed E-state index contributed by atoms with van der Waals surface area (Å²) in [6, 6.07) is 8.61. The fourth-order valence-electron chi connectivity index (χ4n) is 1.86. The maximum absolute atomic E-state index is 12.1. The average Bonchev–Trinajstić information content (AvgIpc) is 2.39. The van der Waals surface area contributed by atoms with Gasteiger partial charge in [-0.25, -0.2) is 0 Å². The van der Waals surface area contributed by atoms with Gasteiger partial charge in [0.05, 0.1) is 23.0 Å². The number of rotatable bonds is 7. The summed E-state index contributed by atoms with van der Waals surface area (Å²) < 4.78 is 29.4. The van der Waals surface area contributed by atoms with Crippen molar-refractivity contribution >= 4 is 10.1 Å². The lowest BCUT2D eigenvalue weighted by Gasteiger charge is -2.17. The van der Waals surface area contributed by atoms with Gasteiger partial charge < -0.3 is 0 Å². The molecule has 0 aliphatic heterocycles. The minimum atomic E-state index is -3.81. The van der Waals surface area contributed by atoms with E-state index in [4.69, 9.17) is 9.44 Å². The van der Waals surface area contributed by atoms with E-state index in [1.165, 1.54) is 12.1 Å². The molecule has 0 spiro atoms. The highest BCUT2D eigenvalue weighted by atomic mass is 32.2. The number of nitrogens with zero attached hydrogens (tertiary/aromatic N) is 1. The van der Waals surface area contributed by atoms with Crippen molar-refractivity contribution in [3.8, 4) is 6.07 Å². The maximum Gasteiger partial charge on any atom is 0.297 e. The molecule has 1 aromatic carbocycles. The summed E-state index contributed by atoms with van der Waals surface area (Å²) in [7, 11) is -3.81. The van der Waals surface area contributed by atoms with Crippen molar-refractivity contribution in [3.63, 3.8) is 0 Å². The third-order valence-corrected chi connectivity index (χ3v) is 4.60. The van der Waals surface area contributed by atoms with Crippen LogP contribution in [0, 0.1) is 24.2 Å². The van der Waals surface area contributed by atoms with Crippen molar-refractivity contribution in [3.05, 3.63) is 29.8 Å². The normalized spacial score (nSPS) is 14.5. The smallest absolute Gasteiger partial charge is 0.262 e. The molecule has 0 aromatic heterocycles. The van der Waals surface area contributed by atoms with Gasteiger partial charge in [0.25, 0.3) is 10.1 Å². The van der Waals surface area contributed by atoms with Gasteiger partial charge in [-0.2, -0.15) is 13.7 Å². The topological polar surface area (TPSA) is 67.2 Å². The summed E-state index contributed by atoms with van der Waals surface area (Å²) in [5.74, 6) is -0.407. The van der Waals surface area contributed by atoms with E-state index in [9.17, 15) is 8.42 Å². The summed E-state index contributed by atoms with van der Waals surface area (Å²) in [4.78, 5) is 0.127. The fraction of sp³-hybridized carbons (Fsp3) is 0.533. The standard InChI is InChI=1S/C15H21NO3S/c1-4-5-6-14(11-16)13(3)19-20(17,18)15-9-7-12(2)8-10-15/h7-10,13-14H,4-6H2,1-3H3. The third kappa shape index (κ3) is 4.62. The largest absolute Gasteiger partial charge is 0.297 e. The van der Waals surface area contributed by atoms with Crippen LogP contribution in [0.2, 0.25) is 0 Å². The zero-order chi connectivity index (χ0) is 15.2. The number of benzene rings is 1. The minimum Gasteiger partial charge on any atom is -0.262 e. The van der Waals surface area contributed by atoms with Gasteiger partial charge in [-0.15, -0.1) is 0 Å². The monoisotopic (exact) mass is 295 g/mol. The summed E-state index contributed by atoms with van der Waals surface area (Å²) in [5.41, 5.74) is 0.981. The van der Waals surface area contributed by atoms with Gasteiger partial charge >= 0.3 is 0 Å². The highest BCUT2D eigenvalue weighted by molar-refractivity contribution is 7.86. The van der Waals surface area contributed by atoms with Crippen LogP contribution >= 0.6 is 0 Å². The molecule has 0 N–H and O–H groups in total. The van der Waals surface area contributed by atoms with E-state index >= 15 is 0 Å². The van der Waals surface area contributed by atoms with Crippen molar-refractivity contribution in [1.82, 2.24) is 0 Å². The summed E-state index contributed by atoms with van der Waals surface area (Å²) in [6.45, 7) is 5.55. The highest BCUT2D eigenvalue weighted by Gasteiger charge is 2.25. The second-order valence-electron chi connectivity index (χ2n) is 4.95. The molecule has 2 atom stereocenters. The van der Waals surface area contributed by atoms with Crippen LogP contribution < -0.4 is 0 Å². The highest BCUT2D eigenvalue weighted by Crippen LogP contribution is 2.21. The first-order valence-corrected chi connectivity index (χ1v) is 8.21. The Kier molecular flexibility index (Phi) is 6.18. The van der Waals surface area contributed by atoms with E-state index < -0.39 is 22.1 Å². The van der Waals surface area contributed by atoms with Crippen molar-refractivity contribution in [2.45, 2.75) is 51.0 Å². The van der Waals surface area contributed by atoms with Crippen LogP contribution in [0.4, 0.5) is 0 Å². The first-order valence-electron chi connectivity index (χ1n) is 6.80. The third-order valence-electron chi connectivity index (χ3n) is 3.19. The Labute approximate surface area is 121 Å². The van der Waals surface area contributed by atoms with E-state index in [-0.39, 0.29) is 4.90 Å². The second kappa shape index (κ2) is 7.41. The lowest BCUT2D eigenvalue weighted by Crippen LogP contribution is -2.23. The van der Waals surface area contributed by atoms with Gasteiger partial charge in [0.2, 0.25) is 0 Å². The Morgan fingerprint density at radius 3 is 2.40 bits per heavy atom. The molecule has 0 amide bonds. The Hall–Kier alpha value is -1.38. The summed E-state index contributed by atoms with van der Waals surface area (Å²) in [5, 5.41) is 9.10. The molecule has 0 aliphatic carbocycles. The molecular weight excluding hydrogens is 274 g/mol. The molecule has 110 valence electrons. The molecule has 0 fully saturated rings. The fourth-order valence-corrected chi connectivity index (χ4v) is 2.97. The van der Waals surface area contributed by atoms with E-state index in [0.29, 0.717) is 6.42 Å². The lowest BCUT2D eigenvalue weighted by molar-refractivity contribution is 0.179. The van der Waals surface area contributed by atoms with Gasteiger partial charge in [0.15, 0.2) is 0 Å². The zero-order valence-corrected chi connectivity index (χ0v) is 13.0. The quantitative estimate of drug-likeness (QED) is 0.723.